The molecule has 0 spiro atoms. The molecule has 4 nitrogen and oxygen atoms in total. The second-order valence-corrected chi connectivity index (χ2v) is 4.59. The summed E-state index contributed by atoms with van der Waals surface area (Å²) in [5.41, 5.74) is 6.47. The zero-order chi connectivity index (χ0) is 12.7. The van der Waals surface area contributed by atoms with Gasteiger partial charge in [-0.3, -0.25) is 4.79 Å². The summed E-state index contributed by atoms with van der Waals surface area (Å²) in [4.78, 5) is 11.7. The molecule has 0 fully saturated rings. The normalized spacial score (nSPS) is 11.3. The van der Waals surface area contributed by atoms with Gasteiger partial charge in [-0.15, -0.1) is 12.4 Å². The van der Waals surface area contributed by atoms with Gasteiger partial charge in [0.2, 0.25) is 5.91 Å². The van der Waals surface area contributed by atoms with Crippen LogP contribution in [0, 0.1) is 0 Å². The fraction of sp³-hybridized carbons (Fsp3) is 0.417. The quantitative estimate of drug-likeness (QED) is 0.842. The summed E-state index contributed by atoms with van der Waals surface area (Å²) in [7, 11) is 1.59. The predicted molar refractivity (Wildman–Crippen MR) is 79.8 cm³/mol. The predicted octanol–water partition coefficient (Wildman–Crippen LogP) is 2.14. The molecule has 18 heavy (non-hydrogen) atoms. The number of nitrogens with two attached hydrogens (primary N) is 1. The highest BCUT2D eigenvalue weighted by molar-refractivity contribution is 7.98. The fourth-order valence-electron chi connectivity index (χ4n) is 1.31. The van der Waals surface area contributed by atoms with Crippen LogP contribution in [0.2, 0.25) is 0 Å². The summed E-state index contributed by atoms with van der Waals surface area (Å²) in [6, 6.07) is 6.75. The van der Waals surface area contributed by atoms with E-state index in [2.05, 4.69) is 5.32 Å². The lowest BCUT2D eigenvalue weighted by atomic mass is 10.2. The lowest BCUT2D eigenvalue weighted by molar-refractivity contribution is -0.117. The van der Waals surface area contributed by atoms with Crippen molar-refractivity contribution in [2.24, 2.45) is 5.73 Å². The van der Waals surface area contributed by atoms with Crippen LogP contribution in [0.1, 0.15) is 6.42 Å². The van der Waals surface area contributed by atoms with E-state index in [0.29, 0.717) is 17.9 Å². The van der Waals surface area contributed by atoms with Gasteiger partial charge in [0.25, 0.3) is 0 Å². The molecule has 1 atom stereocenters. The molecule has 0 aliphatic carbocycles. The molecule has 0 aliphatic rings. The first kappa shape index (κ1) is 17.1. The van der Waals surface area contributed by atoms with Gasteiger partial charge in [-0.05, 0) is 30.6 Å². The van der Waals surface area contributed by atoms with Gasteiger partial charge in [-0.25, -0.2) is 0 Å². The van der Waals surface area contributed by atoms with Crippen molar-refractivity contribution in [1.82, 2.24) is 0 Å². The van der Waals surface area contributed by atoms with Gasteiger partial charge in [0, 0.05) is 11.8 Å². The van der Waals surface area contributed by atoms with Crippen molar-refractivity contribution in [2.45, 2.75) is 12.5 Å². The highest BCUT2D eigenvalue weighted by Gasteiger charge is 2.12. The number of methoxy groups -OCH3 is 1. The number of hydrogen-bond acceptors (Lipinski definition) is 4. The molecule has 1 aromatic carbocycles. The number of benzene rings is 1. The Hall–Kier alpha value is -0.910. The van der Waals surface area contributed by atoms with Crippen LogP contribution in [0.15, 0.2) is 24.3 Å². The molecule has 0 saturated carbocycles. The van der Waals surface area contributed by atoms with Crippen LogP contribution in [0.4, 0.5) is 5.69 Å². The number of hydrogen-bond donors (Lipinski definition) is 2. The number of carbonyl (C=O) groups excluding carboxylic acids is 1. The first-order valence-electron chi connectivity index (χ1n) is 5.37. The first-order chi connectivity index (χ1) is 8.17. The standard InChI is InChI=1S/C12H18N2O2S.ClH/c1-16-10-5-3-4-9(8-10)14-12(15)11(13)6-7-17-2;/h3-5,8,11H,6-7,13H2,1-2H3,(H,14,15);1H. The number of thioether (sulfide) groups is 1. The Labute approximate surface area is 118 Å². The van der Waals surface area contributed by atoms with Crippen molar-refractivity contribution < 1.29 is 9.53 Å². The van der Waals surface area contributed by atoms with Crippen molar-refractivity contribution in [2.75, 3.05) is 24.4 Å². The molecule has 1 unspecified atom stereocenters. The molecule has 0 heterocycles. The smallest absolute Gasteiger partial charge is 0.241 e. The minimum Gasteiger partial charge on any atom is -0.497 e. The number of halogens is 1. The van der Waals surface area contributed by atoms with Crippen molar-refractivity contribution in [3.8, 4) is 5.75 Å². The Bertz CT molecular complexity index is 377. The minimum absolute atomic E-state index is 0. The van der Waals surface area contributed by atoms with Crippen LogP contribution >= 0.6 is 24.2 Å². The molecule has 0 aliphatic heterocycles. The zero-order valence-corrected chi connectivity index (χ0v) is 12.1. The van der Waals surface area contributed by atoms with Gasteiger partial charge in [0.15, 0.2) is 0 Å². The summed E-state index contributed by atoms with van der Waals surface area (Å²) >= 11 is 1.68. The van der Waals surface area contributed by atoms with E-state index in [1.165, 1.54) is 0 Å². The Kier molecular flexibility index (Phi) is 8.62. The zero-order valence-electron chi connectivity index (χ0n) is 10.5. The molecule has 6 heteroatoms. The number of rotatable bonds is 6. The summed E-state index contributed by atoms with van der Waals surface area (Å²) < 4.78 is 5.08. The fourth-order valence-corrected chi connectivity index (χ4v) is 1.80. The third-order valence-electron chi connectivity index (χ3n) is 2.31. The van der Waals surface area contributed by atoms with Crippen LogP contribution in [0.5, 0.6) is 5.75 Å². The molecule has 0 aromatic heterocycles. The first-order valence-corrected chi connectivity index (χ1v) is 6.76. The molecule has 102 valence electrons. The largest absolute Gasteiger partial charge is 0.497 e. The van der Waals surface area contributed by atoms with Gasteiger partial charge in [0.05, 0.1) is 13.2 Å². The maximum Gasteiger partial charge on any atom is 0.241 e. The minimum atomic E-state index is -0.464. The Morgan fingerprint density at radius 2 is 2.28 bits per heavy atom. The van der Waals surface area contributed by atoms with Crippen LogP contribution in [0.25, 0.3) is 0 Å². The molecule has 1 rings (SSSR count). The maximum absolute atomic E-state index is 11.7. The average molecular weight is 291 g/mol. The van der Waals surface area contributed by atoms with Crippen LogP contribution in [-0.2, 0) is 4.79 Å². The molecule has 0 bridgehead atoms. The summed E-state index contributed by atoms with van der Waals surface area (Å²) in [6.45, 7) is 0. The third kappa shape index (κ3) is 5.62. The second kappa shape index (κ2) is 9.08. The van der Waals surface area contributed by atoms with Crippen molar-refractivity contribution in [3.63, 3.8) is 0 Å². The molecular formula is C12H19ClN2O2S. The topological polar surface area (TPSA) is 64.3 Å². The monoisotopic (exact) mass is 290 g/mol. The lowest BCUT2D eigenvalue weighted by Gasteiger charge is -2.12. The SMILES string of the molecule is COc1cccc(NC(=O)C(N)CCSC)c1.Cl. The van der Waals surface area contributed by atoms with Crippen LogP contribution < -0.4 is 15.8 Å². The highest BCUT2D eigenvalue weighted by atomic mass is 35.5. The van der Waals surface area contributed by atoms with Crippen molar-refractivity contribution in [1.29, 1.82) is 0 Å². The molecule has 1 amide bonds. The van der Waals surface area contributed by atoms with Gasteiger partial charge >= 0.3 is 0 Å². The van der Waals surface area contributed by atoms with E-state index in [0.717, 1.165) is 5.75 Å². The highest BCUT2D eigenvalue weighted by Crippen LogP contribution is 2.16. The Morgan fingerprint density at radius 1 is 1.56 bits per heavy atom. The summed E-state index contributed by atoms with van der Waals surface area (Å²) in [5, 5.41) is 2.77. The van der Waals surface area contributed by atoms with E-state index >= 15 is 0 Å². The Balaban J connectivity index is 0.00000289. The number of carbonyl (C=O) groups is 1. The Morgan fingerprint density at radius 3 is 2.89 bits per heavy atom. The van der Waals surface area contributed by atoms with E-state index in [1.807, 2.05) is 24.5 Å². The van der Waals surface area contributed by atoms with Crippen LogP contribution in [-0.4, -0.2) is 31.1 Å². The number of ether oxygens (including phenoxy) is 1. The number of nitrogens with one attached hydrogen (secondary N) is 1. The van der Waals surface area contributed by atoms with Gasteiger partial charge in [-0.1, -0.05) is 6.07 Å². The van der Waals surface area contributed by atoms with E-state index in [9.17, 15) is 4.79 Å². The molecule has 1 aromatic rings. The lowest BCUT2D eigenvalue weighted by Crippen LogP contribution is -2.36. The van der Waals surface area contributed by atoms with Crippen LogP contribution in [0.3, 0.4) is 0 Å². The molecule has 0 saturated heterocycles. The van der Waals surface area contributed by atoms with Crippen molar-refractivity contribution in [3.05, 3.63) is 24.3 Å². The van der Waals surface area contributed by atoms with E-state index in [4.69, 9.17) is 10.5 Å². The number of anilines is 1. The molecular weight excluding hydrogens is 272 g/mol. The van der Waals surface area contributed by atoms with Gasteiger partial charge in [0.1, 0.15) is 5.75 Å². The van der Waals surface area contributed by atoms with Gasteiger partial charge < -0.3 is 15.8 Å². The third-order valence-corrected chi connectivity index (χ3v) is 2.95. The van der Waals surface area contributed by atoms with Gasteiger partial charge in [-0.2, -0.15) is 11.8 Å². The van der Waals surface area contributed by atoms with Crippen molar-refractivity contribution >= 4 is 35.8 Å². The molecule has 0 radical (unpaired) electrons. The number of amides is 1. The maximum atomic E-state index is 11.7. The summed E-state index contributed by atoms with van der Waals surface area (Å²) in [6.07, 6.45) is 2.67. The van der Waals surface area contributed by atoms with E-state index in [-0.39, 0.29) is 18.3 Å². The van der Waals surface area contributed by atoms with E-state index in [1.54, 1.807) is 24.9 Å². The average Bonchev–Trinajstić information content (AvgIpc) is 2.36. The second-order valence-electron chi connectivity index (χ2n) is 3.61. The molecule has 3 N–H and O–H groups in total. The summed E-state index contributed by atoms with van der Waals surface area (Å²) in [5.74, 6) is 1.43. The van der Waals surface area contributed by atoms with E-state index < -0.39 is 6.04 Å².